The Morgan fingerprint density at radius 1 is 0.941 bits per heavy atom. The van der Waals surface area contributed by atoms with Crippen LogP contribution in [0, 0.1) is 5.82 Å². The monoisotopic (exact) mass is 474 g/mol. The van der Waals surface area contributed by atoms with Crippen molar-refractivity contribution >= 4 is 38.1 Å². The number of amides is 1. The van der Waals surface area contributed by atoms with E-state index < -0.39 is 15.8 Å². The summed E-state index contributed by atoms with van der Waals surface area (Å²) in [6.07, 6.45) is 1.63. The van der Waals surface area contributed by atoms with Gasteiger partial charge in [-0.25, -0.2) is 12.8 Å². The summed E-state index contributed by atoms with van der Waals surface area (Å²) < 4.78 is 41.2. The zero-order valence-corrected chi connectivity index (χ0v) is 19.2. The van der Waals surface area contributed by atoms with E-state index in [2.05, 4.69) is 5.32 Å². The molecule has 0 radical (unpaired) electrons. The van der Waals surface area contributed by atoms with Crippen LogP contribution >= 0.6 is 0 Å². The van der Waals surface area contributed by atoms with Crippen molar-refractivity contribution in [2.75, 3.05) is 16.2 Å². The maximum Gasteiger partial charge on any atom is 0.264 e. The topological polar surface area (TPSA) is 66.5 Å². The van der Waals surface area contributed by atoms with Gasteiger partial charge in [0.2, 0.25) is 5.91 Å². The van der Waals surface area contributed by atoms with Crippen molar-refractivity contribution in [2.45, 2.75) is 24.2 Å². The van der Waals surface area contributed by atoms with Crippen molar-refractivity contribution in [3.8, 4) is 0 Å². The highest BCUT2D eigenvalue weighted by Crippen LogP contribution is 2.34. The number of carbonyl (C=O) groups is 1. The van der Waals surface area contributed by atoms with Gasteiger partial charge in [0.1, 0.15) is 5.82 Å². The molecule has 1 N–H and O–H groups in total. The van der Waals surface area contributed by atoms with Crippen LogP contribution in [0.4, 0.5) is 15.8 Å². The fourth-order valence-corrected chi connectivity index (χ4v) is 5.96. The summed E-state index contributed by atoms with van der Waals surface area (Å²) in [5.74, 6) is -0.672. The van der Waals surface area contributed by atoms with Crippen molar-refractivity contribution in [1.29, 1.82) is 0 Å². The Hall–Kier alpha value is -3.71. The van der Waals surface area contributed by atoms with Gasteiger partial charge in [-0.05, 0) is 71.1 Å². The van der Waals surface area contributed by atoms with E-state index in [1.807, 2.05) is 48.5 Å². The lowest BCUT2D eigenvalue weighted by Gasteiger charge is -2.31. The third kappa shape index (κ3) is 4.26. The Balaban J connectivity index is 1.41. The molecule has 34 heavy (non-hydrogen) atoms. The fourth-order valence-electron chi connectivity index (χ4n) is 4.43. The van der Waals surface area contributed by atoms with E-state index in [0.717, 1.165) is 40.5 Å². The maximum atomic E-state index is 13.3. The Kier molecular flexibility index (Phi) is 5.79. The van der Waals surface area contributed by atoms with Crippen molar-refractivity contribution in [2.24, 2.45) is 0 Å². The number of nitrogens with zero attached hydrogens (tertiary/aromatic N) is 1. The number of anilines is 2. The molecule has 1 aliphatic rings. The third-order valence-corrected chi connectivity index (χ3v) is 7.91. The molecule has 172 valence electrons. The Labute approximate surface area is 197 Å². The zero-order chi connectivity index (χ0) is 23.7. The van der Waals surface area contributed by atoms with Crippen LogP contribution in [0.5, 0.6) is 0 Å². The molecule has 7 heteroatoms. The molecule has 4 aromatic carbocycles. The lowest BCUT2D eigenvalue weighted by Crippen LogP contribution is -2.35. The Morgan fingerprint density at radius 2 is 1.71 bits per heavy atom. The smallest absolute Gasteiger partial charge is 0.264 e. The first-order chi connectivity index (χ1) is 16.4. The molecular weight excluding hydrogens is 451 g/mol. The van der Waals surface area contributed by atoms with Crippen LogP contribution in [0.15, 0.2) is 89.8 Å². The molecular formula is C27H23FN2O3S. The lowest BCUT2D eigenvalue weighted by molar-refractivity contribution is -0.115. The molecule has 0 spiro atoms. The van der Waals surface area contributed by atoms with Gasteiger partial charge in [-0.3, -0.25) is 9.10 Å². The molecule has 0 fully saturated rings. The van der Waals surface area contributed by atoms with Crippen LogP contribution in [0.1, 0.15) is 17.5 Å². The molecule has 4 aromatic rings. The first-order valence-corrected chi connectivity index (χ1v) is 12.5. The zero-order valence-electron chi connectivity index (χ0n) is 18.4. The van der Waals surface area contributed by atoms with Gasteiger partial charge in [0.05, 0.1) is 17.0 Å². The maximum absolute atomic E-state index is 13.3. The molecule has 1 heterocycles. The number of halogens is 1. The van der Waals surface area contributed by atoms with Crippen LogP contribution < -0.4 is 9.62 Å². The van der Waals surface area contributed by atoms with Crippen LogP contribution in [-0.2, 0) is 27.7 Å². The minimum atomic E-state index is -3.86. The number of sulfonamides is 1. The number of benzene rings is 4. The van der Waals surface area contributed by atoms with E-state index in [4.69, 9.17) is 0 Å². The van der Waals surface area contributed by atoms with Crippen LogP contribution in [0.3, 0.4) is 0 Å². The average molecular weight is 475 g/mol. The minimum absolute atomic E-state index is 0.0344. The molecule has 1 amide bonds. The summed E-state index contributed by atoms with van der Waals surface area (Å²) in [6, 6.07) is 24.0. The van der Waals surface area contributed by atoms with Gasteiger partial charge in [-0.15, -0.1) is 0 Å². The second-order valence-corrected chi connectivity index (χ2v) is 10.2. The van der Waals surface area contributed by atoms with Crippen molar-refractivity contribution in [1.82, 2.24) is 0 Å². The van der Waals surface area contributed by atoms with E-state index >= 15 is 0 Å². The van der Waals surface area contributed by atoms with Crippen LogP contribution in [0.25, 0.3) is 10.8 Å². The summed E-state index contributed by atoms with van der Waals surface area (Å²) in [5.41, 5.74) is 2.89. The molecule has 0 bridgehead atoms. The van der Waals surface area contributed by atoms with Crippen molar-refractivity contribution in [3.63, 3.8) is 0 Å². The molecule has 0 atom stereocenters. The molecule has 0 aromatic heterocycles. The number of nitrogens with one attached hydrogen (secondary N) is 1. The highest BCUT2D eigenvalue weighted by atomic mass is 32.2. The first kappa shape index (κ1) is 22.1. The Bertz CT molecular complexity index is 1480. The summed E-state index contributed by atoms with van der Waals surface area (Å²) >= 11 is 0. The highest BCUT2D eigenvalue weighted by Gasteiger charge is 2.29. The predicted octanol–water partition coefficient (Wildman–Crippen LogP) is 5.30. The van der Waals surface area contributed by atoms with Crippen LogP contribution in [0.2, 0.25) is 0 Å². The standard InChI is InChI=1S/C27H23FN2O3S/c28-22-11-14-24(15-12-22)34(32,33)30-16-4-8-20-10-13-23(18-26(20)30)29-27(31)17-21-7-3-6-19-5-1-2-9-25(19)21/h1-3,5-7,9-15,18H,4,8,16-17H2,(H,29,31). The summed E-state index contributed by atoms with van der Waals surface area (Å²) in [7, 11) is -3.86. The molecule has 0 aliphatic carbocycles. The second-order valence-electron chi connectivity index (χ2n) is 8.34. The van der Waals surface area contributed by atoms with Gasteiger partial charge in [0.25, 0.3) is 10.0 Å². The van der Waals surface area contributed by atoms with Gasteiger partial charge in [0.15, 0.2) is 0 Å². The number of hydrogen-bond acceptors (Lipinski definition) is 3. The van der Waals surface area contributed by atoms with E-state index in [0.29, 0.717) is 24.3 Å². The summed E-state index contributed by atoms with van der Waals surface area (Å²) in [6.45, 7) is 0.320. The molecule has 1 aliphatic heterocycles. The number of hydrogen-bond donors (Lipinski definition) is 1. The van der Waals surface area contributed by atoms with Gasteiger partial charge in [-0.2, -0.15) is 0 Å². The SMILES string of the molecule is O=C(Cc1cccc2ccccc12)Nc1ccc2c(c1)N(S(=O)(=O)c1ccc(F)cc1)CCC2. The molecule has 0 saturated heterocycles. The summed E-state index contributed by atoms with van der Waals surface area (Å²) in [5, 5.41) is 5.02. The van der Waals surface area contributed by atoms with Gasteiger partial charge < -0.3 is 5.32 Å². The highest BCUT2D eigenvalue weighted by molar-refractivity contribution is 7.92. The van der Waals surface area contributed by atoms with E-state index in [1.54, 1.807) is 12.1 Å². The normalized spacial score (nSPS) is 13.5. The van der Waals surface area contributed by atoms with Crippen LogP contribution in [-0.4, -0.2) is 20.9 Å². The lowest BCUT2D eigenvalue weighted by atomic mass is 10.0. The molecule has 0 saturated carbocycles. The molecule has 0 unspecified atom stereocenters. The first-order valence-electron chi connectivity index (χ1n) is 11.1. The minimum Gasteiger partial charge on any atom is -0.326 e. The largest absolute Gasteiger partial charge is 0.326 e. The van der Waals surface area contributed by atoms with Gasteiger partial charge >= 0.3 is 0 Å². The number of carbonyl (C=O) groups excluding carboxylic acids is 1. The average Bonchev–Trinajstić information content (AvgIpc) is 2.84. The van der Waals surface area contributed by atoms with E-state index in [1.165, 1.54) is 16.4 Å². The predicted molar refractivity (Wildman–Crippen MR) is 132 cm³/mol. The second kappa shape index (κ2) is 8.91. The Morgan fingerprint density at radius 3 is 2.53 bits per heavy atom. The van der Waals surface area contributed by atoms with E-state index in [9.17, 15) is 17.6 Å². The van der Waals surface area contributed by atoms with Gasteiger partial charge in [0, 0.05) is 12.2 Å². The number of aryl methyl sites for hydroxylation is 1. The van der Waals surface area contributed by atoms with Gasteiger partial charge in [-0.1, -0.05) is 48.5 Å². The quantitative estimate of drug-likeness (QED) is 0.427. The fraction of sp³-hybridized carbons (Fsp3) is 0.148. The molecule has 5 nitrogen and oxygen atoms in total. The van der Waals surface area contributed by atoms with Crippen molar-refractivity contribution < 1.29 is 17.6 Å². The number of rotatable bonds is 5. The van der Waals surface area contributed by atoms with Crippen molar-refractivity contribution in [3.05, 3.63) is 102 Å². The molecule has 5 rings (SSSR count). The third-order valence-electron chi connectivity index (χ3n) is 6.08. The number of fused-ring (bicyclic) bond motifs is 2. The van der Waals surface area contributed by atoms with E-state index in [-0.39, 0.29) is 17.2 Å². The summed E-state index contributed by atoms with van der Waals surface area (Å²) in [4.78, 5) is 12.9.